The first-order valence-corrected chi connectivity index (χ1v) is 11.3. The molecule has 9 heteroatoms. The van der Waals surface area contributed by atoms with E-state index in [0.29, 0.717) is 4.58 Å². The molecule has 0 aromatic heterocycles. The van der Waals surface area contributed by atoms with Crippen molar-refractivity contribution in [2.75, 3.05) is 36.2 Å². The summed E-state index contributed by atoms with van der Waals surface area (Å²) in [6.45, 7) is 0.397. The number of urea groups is 1. The van der Waals surface area contributed by atoms with Gasteiger partial charge >= 0.3 is 6.03 Å². The van der Waals surface area contributed by atoms with E-state index in [2.05, 4.69) is 21.4 Å². The topological polar surface area (TPSA) is 87.3 Å². The number of thioether (sulfide) groups is 2. The van der Waals surface area contributed by atoms with E-state index in [1.54, 1.807) is 0 Å². The van der Waals surface area contributed by atoms with E-state index in [1.165, 1.54) is 23.5 Å². The van der Waals surface area contributed by atoms with Crippen LogP contribution in [0.3, 0.4) is 0 Å². The van der Waals surface area contributed by atoms with Crippen LogP contribution in [0.15, 0.2) is 24.3 Å². The normalized spacial score (nSPS) is 16.0. The Hall–Kier alpha value is -0.900. The summed E-state index contributed by atoms with van der Waals surface area (Å²) in [5.74, 6) is 2.34. The Balaban J connectivity index is 1.81. The Bertz CT molecular complexity index is 631. The molecule has 1 aliphatic rings. The molecule has 1 saturated heterocycles. The Morgan fingerprint density at radius 3 is 2.70 bits per heavy atom. The maximum atomic E-state index is 11.8. The molecule has 6 nitrogen and oxygen atoms in total. The number of hydrogen-bond donors (Lipinski definition) is 3. The molecule has 1 heterocycles. The highest BCUT2D eigenvalue weighted by atomic mass is 32.2. The highest BCUT2D eigenvalue weighted by Gasteiger charge is 2.16. The summed E-state index contributed by atoms with van der Waals surface area (Å²) in [5.41, 5.74) is 1.94. The molecule has 1 fully saturated rings. The smallest absolute Gasteiger partial charge is 0.319 e. The number of benzene rings is 1. The fourth-order valence-electron chi connectivity index (χ4n) is 2.03. The second kappa shape index (κ2) is 8.81. The summed E-state index contributed by atoms with van der Waals surface area (Å²) in [5, 5.41) is 5.39. The van der Waals surface area contributed by atoms with Crippen molar-refractivity contribution in [2.45, 2.75) is 11.0 Å². The molecule has 0 spiro atoms. The minimum atomic E-state index is -3.23. The maximum absolute atomic E-state index is 11.8. The lowest BCUT2D eigenvalue weighted by molar-refractivity contribution is 0.252. The quantitative estimate of drug-likeness (QED) is 0.664. The Kier molecular flexibility index (Phi) is 7.07. The van der Waals surface area contributed by atoms with Gasteiger partial charge in [0, 0.05) is 18.8 Å². The van der Waals surface area contributed by atoms with Crippen LogP contribution in [0, 0.1) is 0 Å². The van der Waals surface area contributed by atoms with Crippen LogP contribution in [0.1, 0.15) is 16.6 Å². The number of carbonyl (C=O) groups excluding carboxylic acids is 1. The molecule has 0 radical (unpaired) electrons. The van der Waals surface area contributed by atoms with Gasteiger partial charge in [0.2, 0.25) is 10.0 Å². The van der Waals surface area contributed by atoms with Gasteiger partial charge in [-0.15, -0.1) is 23.5 Å². The van der Waals surface area contributed by atoms with Crippen molar-refractivity contribution in [3.8, 4) is 0 Å². The molecule has 128 valence electrons. The van der Waals surface area contributed by atoms with Crippen molar-refractivity contribution >= 4 is 45.3 Å². The molecular formula is C14H21N3O3S3. The second-order valence-corrected chi connectivity index (χ2v) is 9.66. The van der Waals surface area contributed by atoms with Gasteiger partial charge in [-0.25, -0.2) is 17.9 Å². The zero-order valence-corrected chi connectivity index (χ0v) is 15.3. The predicted octanol–water partition coefficient (Wildman–Crippen LogP) is 2.23. The first-order valence-electron chi connectivity index (χ1n) is 7.27. The van der Waals surface area contributed by atoms with Crippen molar-refractivity contribution in [3.63, 3.8) is 0 Å². The van der Waals surface area contributed by atoms with E-state index < -0.39 is 10.0 Å². The summed E-state index contributed by atoms with van der Waals surface area (Å²) < 4.78 is 24.6. The van der Waals surface area contributed by atoms with Crippen LogP contribution in [-0.2, 0) is 10.0 Å². The van der Waals surface area contributed by atoms with Gasteiger partial charge in [-0.05, 0) is 35.6 Å². The maximum Gasteiger partial charge on any atom is 0.319 e. The van der Waals surface area contributed by atoms with Gasteiger partial charge in [0.1, 0.15) is 0 Å². The second-order valence-electron chi connectivity index (χ2n) is 5.10. The van der Waals surface area contributed by atoms with Crippen molar-refractivity contribution < 1.29 is 13.2 Å². The van der Waals surface area contributed by atoms with Crippen LogP contribution in [0.25, 0.3) is 0 Å². The van der Waals surface area contributed by atoms with Gasteiger partial charge < -0.3 is 10.6 Å². The van der Waals surface area contributed by atoms with E-state index in [4.69, 9.17) is 0 Å². The minimum Gasteiger partial charge on any atom is -0.337 e. The summed E-state index contributed by atoms with van der Waals surface area (Å²) in [4.78, 5) is 11.8. The Morgan fingerprint density at radius 2 is 2.00 bits per heavy atom. The number of anilines is 1. The third-order valence-corrected chi connectivity index (χ3v) is 6.76. The van der Waals surface area contributed by atoms with Gasteiger partial charge in [0.15, 0.2) is 0 Å². The lowest BCUT2D eigenvalue weighted by Gasteiger charge is -2.21. The molecule has 0 saturated carbocycles. The van der Waals surface area contributed by atoms with Gasteiger partial charge in [-0.3, -0.25) is 0 Å². The Labute approximate surface area is 145 Å². The lowest BCUT2D eigenvalue weighted by atomic mass is 10.2. The van der Waals surface area contributed by atoms with Crippen molar-refractivity contribution in [1.82, 2.24) is 10.0 Å². The van der Waals surface area contributed by atoms with Crippen LogP contribution >= 0.6 is 23.5 Å². The molecule has 0 bridgehead atoms. The first kappa shape index (κ1) is 18.4. The van der Waals surface area contributed by atoms with E-state index in [1.807, 2.05) is 41.7 Å². The van der Waals surface area contributed by atoms with Crippen molar-refractivity contribution in [3.05, 3.63) is 29.8 Å². The van der Waals surface area contributed by atoms with Crippen LogP contribution in [0.2, 0.25) is 0 Å². The third kappa shape index (κ3) is 7.03. The summed E-state index contributed by atoms with van der Waals surface area (Å²) >= 11 is 3.87. The highest BCUT2D eigenvalue weighted by molar-refractivity contribution is 8.16. The molecule has 0 unspecified atom stereocenters. The van der Waals surface area contributed by atoms with E-state index in [0.717, 1.165) is 11.9 Å². The summed E-state index contributed by atoms with van der Waals surface area (Å²) in [7, 11) is -3.23. The van der Waals surface area contributed by atoms with E-state index >= 15 is 0 Å². The fraction of sp³-hybridized carbons (Fsp3) is 0.500. The molecule has 1 aliphatic heterocycles. The van der Waals surface area contributed by atoms with Crippen LogP contribution < -0.4 is 15.4 Å². The summed E-state index contributed by atoms with van der Waals surface area (Å²) in [6, 6.07) is 7.50. The number of carbonyl (C=O) groups is 1. The Morgan fingerprint density at radius 1 is 1.26 bits per heavy atom. The van der Waals surface area contributed by atoms with Crippen LogP contribution in [0.5, 0.6) is 0 Å². The average molecular weight is 376 g/mol. The monoisotopic (exact) mass is 375 g/mol. The lowest BCUT2D eigenvalue weighted by Crippen LogP contribution is -2.36. The zero-order chi connectivity index (χ0) is 16.7. The van der Waals surface area contributed by atoms with Crippen molar-refractivity contribution in [2.24, 2.45) is 0 Å². The molecule has 1 aromatic carbocycles. The minimum absolute atomic E-state index is 0.168. The standard InChI is InChI=1S/C14H21N3O3S3/c1-23(19,20)16-7-6-15-14(18)17-12-5-2-4-11(10-12)13-21-8-3-9-22-13/h2,4-5,10,13,16H,3,6-9H2,1H3,(H2,15,17,18). The van der Waals surface area contributed by atoms with Crippen LogP contribution in [-0.4, -0.2) is 45.3 Å². The number of nitrogens with one attached hydrogen (secondary N) is 3. The fourth-order valence-corrected chi connectivity index (χ4v) is 5.38. The largest absolute Gasteiger partial charge is 0.337 e. The molecule has 3 N–H and O–H groups in total. The molecular weight excluding hydrogens is 354 g/mol. The molecule has 2 amide bonds. The van der Waals surface area contributed by atoms with Crippen LogP contribution in [0.4, 0.5) is 10.5 Å². The number of amides is 2. The molecule has 0 atom stereocenters. The highest BCUT2D eigenvalue weighted by Crippen LogP contribution is 2.43. The molecule has 23 heavy (non-hydrogen) atoms. The molecule has 1 aromatic rings. The molecule has 2 rings (SSSR count). The molecule has 0 aliphatic carbocycles. The van der Waals surface area contributed by atoms with Gasteiger partial charge in [0.05, 0.1) is 10.8 Å². The third-order valence-electron chi connectivity index (χ3n) is 3.02. The SMILES string of the molecule is CS(=O)(=O)NCCNC(=O)Nc1cccc(C2SCCCS2)c1. The van der Waals surface area contributed by atoms with E-state index in [9.17, 15) is 13.2 Å². The average Bonchev–Trinajstić information content (AvgIpc) is 2.52. The first-order chi connectivity index (χ1) is 10.9. The number of hydrogen-bond acceptors (Lipinski definition) is 5. The van der Waals surface area contributed by atoms with Crippen molar-refractivity contribution in [1.29, 1.82) is 0 Å². The summed E-state index contributed by atoms with van der Waals surface area (Å²) in [6.07, 6.45) is 2.33. The van der Waals surface area contributed by atoms with Gasteiger partial charge in [-0.2, -0.15) is 0 Å². The number of sulfonamides is 1. The van der Waals surface area contributed by atoms with Gasteiger partial charge in [0.25, 0.3) is 0 Å². The zero-order valence-electron chi connectivity index (χ0n) is 12.9. The van der Waals surface area contributed by atoms with Gasteiger partial charge in [-0.1, -0.05) is 12.1 Å². The number of rotatable bonds is 6. The predicted molar refractivity (Wildman–Crippen MR) is 98.6 cm³/mol. The van der Waals surface area contributed by atoms with E-state index in [-0.39, 0.29) is 19.1 Å².